The number of aromatic amines is 1. The zero-order chi connectivity index (χ0) is 20.3. The molecule has 3 aromatic heterocycles. The Kier molecular flexibility index (Phi) is 3.85. The van der Waals surface area contributed by atoms with Crippen molar-refractivity contribution in [1.29, 1.82) is 0 Å². The molecule has 1 aliphatic carbocycles. The van der Waals surface area contributed by atoms with Gasteiger partial charge in [0.2, 0.25) is 5.91 Å². The van der Waals surface area contributed by atoms with Crippen molar-refractivity contribution in [2.75, 3.05) is 5.32 Å². The number of H-pyrrole nitrogens is 1. The summed E-state index contributed by atoms with van der Waals surface area (Å²) in [6.45, 7) is 0. The molecule has 0 spiro atoms. The molecule has 0 saturated heterocycles. The van der Waals surface area contributed by atoms with Crippen molar-refractivity contribution in [3.05, 3.63) is 41.2 Å². The maximum atomic E-state index is 14.6. The van der Waals surface area contributed by atoms with Crippen molar-refractivity contribution in [2.45, 2.75) is 12.6 Å². The van der Waals surface area contributed by atoms with Gasteiger partial charge in [-0.15, -0.1) is 0 Å². The minimum absolute atomic E-state index is 0.211. The first-order valence-corrected chi connectivity index (χ1v) is 8.95. The monoisotopic (exact) mass is 416 g/mol. The highest BCUT2D eigenvalue weighted by Crippen LogP contribution is 2.38. The topological polar surface area (TPSA) is 105 Å². The lowest BCUT2D eigenvalue weighted by molar-refractivity contribution is -0.117. The molecule has 1 aliphatic rings. The van der Waals surface area contributed by atoms with E-state index in [1.165, 1.54) is 18.6 Å². The summed E-state index contributed by atoms with van der Waals surface area (Å²) in [7, 11) is 0. The van der Waals surface area contributed by atoms with Crippen LogP contribution >= 0.6 is 11.6 Å². The quantitative estimate of drug-likeness (QED) is 0.497. The fraction of sp³-hybridized carbons (Fsp3) is 0.167. The second-order valence-corrected chi connectivity index (χ2v) is 7.08. The highest BCUT2D eigenvalue weighted by Gasteiger charge is 2.43. The second-order valence-electron chi connectivity index (χ2n) is 6.70. The Hall–Kier alpha value is -3.40. The molecule has 5 rings (SSSR count). The third kappa shape index (κ3) is 2.75. The maximum absolute atomic E-state index is 14.6. The van der Waals surface area contributed by atoms with E-state index in [1.807, 2.05) is 0 Å². The average molecular weight is 417 g/mol. The predicted octanol–water partition coefficient (Wildman–Crippen LogP) is 3.17. The van der Waals surface area contributed by atoms with E-state index in [0.29, 0.717) is 23.0 Å². The number of fused-ring (bicyclic) bond motifs is 2. The van der Waals surface area contributed by atoms with Crippen molar-refractivity contribution in [3.63, 3.8) is 0 Å². The van der Waals surface area contributed by atoms with E-state index in [-0.39, 0.29) is 33.9 Å². The fourth-order valence-corrected chi connectivity index (χ4v) is 3.54. The SMILES string of the molecule is O=Cc1c(F)c(Cl)c(-c2cn3cc(NC(=O)[C@@H]4C[C@@H]4F)nc3cn2)c2cn[nH]c12. The molecule has 1 aromatic carbocycles. The lowest BCUT2D eigenvalue weighted by Gasteiger charge is -2.09. The molecular formula is C18H11ClF2N6O2. The van der Waals surface area contributed by atoms with Crippen molar-refractivity contribution >= 4 is 46.2 Å². The first kappa shape index (κ1) is 17.7. The van der Waals surface area contributed by atoms with E-state index in [4.69, 9.17) is 11.6 Å². The van der Waals surface area contributed by atoms with E-state index >= 15 is 0 Å². The van der Waals surface area contributed by atoms with E-state index in [1.54, 1.807) is 10.6 Å². The van der Waals surface area contributed by atoms with Crippen LogP contribution in [0.2, 0.25) is 5.02 Å². The number of carbonyl (C=O) groups is 2. The second kappa shape index (κ2) is 6.31. The van der Waals surface area contributed by atoms with Crippen LogP contribution in [0.1, 0.15) is 16.8 Å². The number of nitrogens with one attached hydrogen (secondary N) is 2. The van der Waals surface area contributed by atoms with E-state index in [2.05, 4.69) is 25.5 Å². The Morgan fingerprint density at radius 1 is 1.38 bits per heavy atom. The van der Waals surface area contributed by atoms with E-state index in [9.17, 15) is 18.4 Å². The van der Waals surface area contributed by atoms with Gasteiger partial charge in [-0.3, -0.25) is 19.7 Å². The number of nitrogens with zero attached hydrogens (tertiary/aromatic N) is 4. The molecule has 11 heteroatoms. The summed E-state index contributed by atoms with van der Waals surface area (Å²) in [4.78, 5) is 31.6. The number of amides is 1. The molecule has 146 valence electrons. The van der Waals surface area contributed by atoms with Crippen molar-refractivity contribution in [1.82, 2.24) is 24.6 Å². The summed E-state index contributed by atoms with van der Waals surface area (Å²) < 4.78 is 29.2. The molecule has 0 bridgehead atoms. The smallest absolute Gasteiger partial charge is 0.231 e. The third-order valence-electron chi connectivity index (χ3n) is 4.84. The Morgan fingerprint density at radius 2 is 2.17 bits per heavy atom. The number of alkyl halides is 1. The van der Waals surface area contributed by atoms with Gasteiger partial charge in [-0.05, 0) is 6.42 Å². The number of hydrogen-bond acceptors (Lipinski definition) is 5. The van der Waals surface area contributed by atoms with E-state index in [0.717, 1.165) is 0 Å². The molecule has 0 unspecified atom stereocenters. The zero-order valence-electron chi connectivity index (χ0n) is 14.5. The number of benzene rings is 1. The molecule has 0 radical (unpaired) electrons. The molecule has 29 heavy (non-hydrogen) atoms. The number of rotatable bonds is 4. The van der Waals surface area contributed by atoms with Crippen molar-refractivity contribution in [2.24, 2.45) is 5.92 Å². The largest absolute Gasteiger partial charge is 0.309 e. The van der Waals surface area contributed by atoms with Crippen LogP contribution in [-0.2, 0) is 4.79 Å². The van der Waals surface area contributed by atoms with Crippen LogP contribution in [-0.4, -0.2) is 42.9 Å². The molecular weight excluding hydrogens is 406 g/mol. The van der Waals surface area contributed by atoms with Crippen LogP contribution in [0.3, 0.4) is 0 Å². The van der Waals surface area contributed by atoms with Crippen LogP contribution < -0.4 is 5.32 Å². The minimum Gasteiger partial charge on any atom is -0.309 e. The van der Waals surface area contributed by atoms with Gasteiger partial charge in [-0.2, -0.15) is 5.10 Å². The van der Waals surface area contributed by atoms with Gasteiger partial charge in [0.15, 0.2) is 23.6 Å². The summed E-state index contributed by atoms with van der Waals surface area (Å²) in [6.07, 6.45) is 5.42. The standard InChI is InChI=1S/C18H11ClF2N6O2/c19-15-14(8-2-23-26-17(8)9(6-28)16(15)21)11-4-27-5-12(24-13(27)3-22-11)25-18(29)7-1-10(7)20/h2-7,10H,1H2,(H,23,26)(H,25,29)/t7-,10+/m1/s1. The molecule has 3 heterocycles. The van der Waals surface area contributed by atoms with Crippen molar-refractivity contribution in [3.8, 4) is 11.3 Å². The van der Waals surface area contributed by atoms with Gasteiger partial charge >= 0.3 is 0 Å². The summed E-state index contributed by atoms with van der Waals surface area (Å²) >= 11 is 6.20. The van der Waals surface area contributed by atoms with Crippen LogP contribution in [0, 0.1) is 11.7 Å². The van der Waals surface area contributed by atoms with Crippen LogP contribution in [0.4, 0.5) is 14.6 Å². The number of hydrogen-bond donors (Lipinski definition) is 2. The summed E-state index contributed by atoms with van der Waals surface area (Å²) in [6, 6.07) is 0. The molecule has 1 amide bonds. The molecule has 1 saturated carbocycles. The fourth-order valence-electron chi connectivity index (χ4n) is 3.24. The van der Waals surface area contributed by atoms with Gasteiger partial charge in [0.25, 0.3) is 0 Å². The summed E-state index contributed by atoms with van der Waals surface area (Å²) in [5.41, 5.74) is 0.986. The first-order valence-electron chi connectivity index (χ1n) is 8.57. The van der Waals surface area contributed by atoms with Gasteiger partial charge in [0.1, 0.15) is 6.17 Å². The van der Waals surface area contributed by atoms with Gasteiger partial charge in [-0.25, -0.2) is 13.8 Å². The lowest BCUT2D eigenvalue weighted by atomic mass is 10.0. The van der Waals surface area contributed by atoms with Gasteiger partial charge in [0, 0.05) is 17.1 Å². The van der Waals surface area contributed by atoms with Crippen molar-refractivity contribution < 1.29 is 18.4 Å². The molecule has 2 atom stereocenters. The first-order chi connectivity index (χ1) is 14.0. The molecule has 0 aliphatic heterocycles. The summed E-state index contributed by atoms with van der Waals surface area (Å²) in [5, 5.41) is 9.20. The lowest BCUT2D eigenvalue weighted by Crippen LogP contribution is -2.15. The molecule has 4 aromatic rings. The average Bonchev–Trinajstić information content (AvgIpc) is 3.08. The van der Waals surface area contributed by atoms with Crippen LogP contribution in [0.25, 0.3) is 27.8 Å². The van der Waals surface area contributed by atoms with Gasteiger partial charge in [-0.1, -0.05) is 11.6 Å². The van der Waals surface area contributed by atoms with Gasteiger partial charge in [0.05, 0.1) is 46.3 Å². The number of anilines is 1. The predicted molar refractivity (Wildman–Crippen MR) is 100 cm³/mol. The van der Waals surface area contributed by atoms with Crippen LogP contribution in [0.5, 0.6) is 0 Å². The van der Waals surface area contributed by atoms with E-state index < -0.39 is 23.8 Å². The Labute approximate surface area is 165 Å². The number of imidazole rings is 1. The minimum atomic E-state index is -1.11. The Balaban J connectivity index is 1.59. The number of halogens is 3. The molecule has 2 N–H and O–H groups in total. The molecule has 1 fully saturated rings. The normalized spacial score (nSPS) is 18.3. The highest BCUT2D eigenvalue weighted by molar-refractivity contribution is 6.35. The maximum Gasteiger partial charge on any atom is 0.231 e. The zero-order valence-corrected chi connectivity index (χ0v) is 15.2. The number of aldehydes is 1. The number of aromatic nitrogens is 5. The Bertz CT molecular complexity index is 1320. The molecule has 8 nitrogen and oxygen atoms in total. The number of carbonyl (C=O) groups excluding carboxylic acids is 2. The van der Waals surface area contributed by atoms with Gasteiger partial charge < -0.3 is 9.72 Å². The third-order valence-corrected chi connectivity index (χ3v) is 5.20. The van der Waals surface area contributed by atoms with Crippen LogP contribution in [0.15, 0.2) is 24.8 Å². The summed E-state index contributed by atoms with van der Waals surface area (Å²) in [5.74, 6) is -1.70. The Morgan fingerprint density at radius 3 is 2.90 bits per heavy atom. The highest BCUT2D eigenvalue weighted by atomic mass is 35.5.